The third kappa shape index (κ3) is 5.25. The van der Waals surface area contributed by atoms with Gasteiger partial charge < -0.3 is 9.47 Å². The Balaban J connectivity index is 1.78. The molecule has 0 aliphatic rings. The van der Waals surface area contributed by atoms with Gasteiger partial charge in [0.1, 0.15) is 24.7 Å². The highest BCUT2D eigenvalue weighted by Crippen LogP contribution is 2.21. The molecule has 2 aromatic carbocycles. The number of ether oxygens (including phenoxy) is 2. The van der Waals surface area contributed by atoms with Gasteiger partial charge in [-0.05, 0) is 54.3 Å². The molecule has 0 saturated carbocycles. The van der Waals surface area contributed by atoms with Gasteiger partial charge in [0.25, 0.3) is 10.1 Å². The van der Waals surface area contributed by atoms with Crippen molar-refractivity contribution in [3.05, 3.63) is 54.1 Å². The smallest absolute Gasteiger partial charge is 0.294 e. The van der Waals surface area contributed by atoms with E-state index in [0.29, 0.717) is 24.9 Å². The summed E-state index contributed by atoms with van der Waals surface area (Å²) < 4.78 is 41.9. The average Bonchev–Trinajstić information content (AvgIpc) is 2.58. The molecule has 1 unspecified atom stereocenters. The Morgan fingerprint density at radius 3 is 1.79 bits per heavy atom. The van der Waals surface area contributed by atoms with Crippen molar-refractivity contribution >= 4 is 10.1 Å². The quantitative estimate of drug-likeness (QED) is 0.577. The SMILES string of the molecule is CCC(C)c1ccc(OCCOc2ccc(S(=O)(=O)O)cc2)cc1. The fourth-order valence-corrected chi connectivity index (χ4v) is 2.64. The maximum absolute atomic E-state index is 10.9. The van der Waals surface area contributed by atoms with Crippen LogP contribution < -0.4 is 9.47 Å². The van der Waals surface area contributed by atoms with Crippen LogP contribution in [0, 0.1) is 0 Å². The Morgan fingerprint density at radius 2 is 1.38 bits per heavy atom. The van der Waals surface area contributed by atoms with Gasteiger partial charge in [0.15, 0.2) is 0 Å². The molecule has 1 atom stereocenters. The molecule has 0 aliphatic carbocycles. The maximum Gasteiger partial charge on any atom is 0.294 e. The molecule has 130 valence electrons. The summed E-state index contributed by atoms with van der Waals surface area (Å²) >= 11 is 0. The Hall–Kier alpha value is -2.05. The Morgan fingerprint density at radius 1 is 0.917 bits per heavy atom. The fourth-order valence-electron chi connectivity index (χ4n) is 2.16. The summed E-state index contributed by atoms with van der Waals surface area (Å²) in [5.74, 6) is 1.83. The van der Waals surface area contributed by atoms with E-state index < -0.39 is 10.1 Å². The zero-order valence-electron chi connectivity index (χ0n) is 13.8. The van der Waals surface area contributed by atoms with Crippen LogP contribution in [0.1, 0.15) is 31.7 Å². The van der Waals surface area contributed by atoms with E-state index in [-0.39, 0.29) is 4.90 Å². The molecule has 6 heteroatoms. The van der Waals surface area contributed by atoms with Crippen LogP contribution in [-0.4, -0.2) is 26.2 Å². The summed E-state index contributed by atoms with van der Waals surface area (Å²) in [6.07, 6.45) is 1.10. The highest BCUT2D eigenvalue weighted by atomic mass is 32.2. The van der Waals surface area contributed by atoms with Crippen LogP contribution in [0.2, 0.25) is 0 Å². The Bertz CT molecular complexity index is 736. The van der Waals surface area contributed by atoms with Crippen LogP contribution in [0.25, 0.3) is 0 Å². The molecule has 0 radical (unpaired) electrons. The van der Waals surface area contributed by atoms with Gasteiger partial charge >= 0.3 is 0 Å². The van der Waals surface area contributed by atoms with Gasteiger partial charge in [0.2, 0.25) is 0 Å². The summed E-state index contributed by atoms with van der Waals surface area (Å²) in [7, 11) is -4.17. The first-order valence-corrected chi connectivity index (χ1v) is 9.27. The number of hydrogen-bond donors (Lipinski definition) is 1. The molecule has 1 N–H and O–H groups in total. The monoisotopic (exact) mass is 350 g/mol. The van der Waals surface area contributed by atoms with Crippen molar-refractivity contribution in [3.63, 3.8) is 0 Å². The van der Waals surface area contributed by atoms with Crippen molar-refractivity contribution in [2.75, 3.05) is 13.2 Å². The van der Waals surface area contributed by atoms with Crippen LogP contribution in [0.15, 0.2) is 53.4 Å². The first-order valence-electron chi connectivity index (χ1n) is 7.83. The van der Waals surface area contributed by atoms with Crippen LogP contribution in [0.4, 0.5) is 0 Å². The molecule has 0 fully saturated rings. The predicted octanol–water partition coefficient (Wildman–Crippen LogP) is 3.90. The van der Waals surface area contributed by atoms with Crippen molar-refractivity contribution in [1.29, 1.82) is 0 Å². The lowest BCUT2D eigenvalue weighted by Crippen LogP contribution is -2.09. The lowest BCUT2D eigenvalue weighted by molar-refractivity contribution is 0.217. The van der Waals surface area contributed by atoms with Gasteiger partial charge in [0.05, 0.1) is 4.90 Å². The Labute approximate surface area is 143 Å². The topological polar surface area (TPSA) is 72.8 Å². The molecule has 0 heterocycles. The van der Waals surface area contributed by atoms with Crippen molar-refractivity contribution in [2.24, 2.45) is 0 Å². The van der Waals surface area contributed by atoms with E-state index in [1.165, 1.54) is 29.8 Å². The first-order chi connectivity index (χ1) is 11.4. The largest absolute Gasteiger partial charge is 0.490 e. The van der Waals surface area contributed by atoms with Crippen molar-refractivity contribution in [1.82, 2.24) is 0 Å². The van der Waals surface area contributed by atoms with E-state index in [1.807, 2.05) is 12.1 Å². The normalized spacial score (nSPS) is 12.6. The molecule has 24 heavy (non-hydrogen) atoms. The molecule has 0 bridgehead atoms. The van der Waals surface area contributed by atoms with Crippen molar-refractivity contribution in [3.8, 4) is 11.5 Å². The predicted molar refractivity (Wildman–Crippen MR) is 92.4 cm³/mol. The van der Waals surface area contributed by atoms with Gasteiger partial charge in [-0.15, -0.1) is 0 Å². The molecule has 5 nitrogen and oxygen atoms in total. The molecule has 2 rings (SSSR count). The van der Waals surface area contributed by atoms with E-state index in [1.54, 1.807) is 0 Å². The second kappa shape index (κ2) is 8.17. The summed E-state index contributed by atoms with van der Waals surface area (Å²) in [4.78, 5) is -0.160. The van der Waals surface area contributed by atoms with Gasteiger partial charge in [-0.3, -0.25) is 4.55 Å². The van der Waals surface area contributed by atoms with Gasteiger partial charge in [-0.2, -0.15) is 8.42 Å². The lowest BCUT2D eigenvalue weighted by Gasteiger charge is -2.11. The van der Waals surface area contributed by atoms with E-state index in [9.17, 15) is 8.42 Å². The minimum atomic E-state index is -4.17. The van der Waals surface area contributed by atoms with Crippen molar-refractivity contribution < 1.29 is 22.4 Å². The van der Waals surface area contributed by atoms with E-state index >= 15 is 0 Å². The molecule has 0 spiro atoms. The molecular weight excluding hydrogens is 328 g/mol. The molecule has 0 aromatic heterocycles. The van der Waals surface area contributed by atoms with Gasteiger partial charge in [-0.1, -0.05) is 26.0 Å². The fraction of sp³-hybridized carbons (Fsp3) is 0.333. The molecule has 0 saturated heterocycles. The van der Waals surface area contributed by atoms with E-state index in [4.69, 9.17) is 14.0 Å². The van der Waals surface area contributed by atoms with Gasteiger partial charge in [0, 0.05) is 0 Å². The first kappa shape index (κ1) is 18.3. The summed E-state index contributed by atoms with van der Waals surface area (Å²) in [6, 6.07) is 13.6. The lowest BCUT2D eigenvalue weighted by atomic mass is 9.99. The number of benzene rings is 2. The van der Waals surface area contributed by atoms with Crippen molar-refractivity contribution in [2.45, 2.75) is 31.1 Å². The summed E-state index contributed by atoms with van der Waals surface area (Å²) in [5.41, 5.74) is 1.29. The number of hydrogen-bond acceptors (Lipinski definition) is 4. The second-order valence-electron chi connectivity index (χ2n) is 5.52. The molecule has 0 amide bonds. The van der Waals surface area contributed by atoms with Crippen LogP contribution in [0.3, 0.4) is 0 Å². The van der Waals surface area contributed by atoms with E-state index in [2.05, 4.69) is 26.0 Å². The zero-order chi connectivity index (χ0) is 17.6. The highest BCUT2D eigenvalue weighted by molar-refractivity contribution is 7.85. The molecule has 0 aliphatic heterocycles. The third-order valence-corrected chi connectivity index (χ3v) is 4.67. The zero-order valence-corrected chi connectivity index (χ0v) is 14.6. The summed E-state index contributed by atoms with van der Waals surface area (Å²) in [5, 5.41) is 0. The average molecular weight is 350 g/mol. The van der Waals surface area contributed by atoms with Gasteiger partial charge in [-0.25, -0.2) is 0 Å². The molecular formula is C18H22O5S. The highest BCUT2D eigenvalue weighted by Gasteiger charge is 2.08. The maximum atomic E-state index is 10.9. The third-order valence-electron chi connectivity index (χ3n) is 3.80. The molecule has 2 aromatic rings. The van der Waals surface area contributed by atoms with Crippen LogP contribution in [0.5, 0.6) is 11.5 Å². The Kier molecular flexibility index (Phi) is 6.23. The minimum Gasteiger partial charge on any atom is -0.490 e. The van der Waals surface area contributed by atoms with Crippen LogP contribution >= 0.6 is 0 Å². The minimum absolute atomic E-state index is 0.160. The van der Waals surface area contributed by atoms with Crippen LogP contribution in [-0.2, 0) is 10.1 Å². The second-order valence-corrected chi connectivity index (χ2v) is 6.94. The standard InChI is InChI=1S/C18H22O5S/c1-3-14(2)15-4-6-16(7-5-15)22-12-13-23-17-8-10-18(11-9-17)24(19,20)21/h4-11,14H,3,12-13H2,1-2H3,(H,19,20,21). The summed E-state index contributed by atoms with van der Waals surface area (Å²) in [6.45, 7) is 5.06. The number of rotatable bonds is 8. The van der Waals surface area contributed by atoms with E-state index in [0.717, 1.165) is 12.2 Å².